The number of aliphatic hydroxyl groups is 3. The lowest BCUT2D eigenvalue weighted by molar-refractivity contribution is -0.296. The van der Waals surface area contributed by atoms with Crippen molar-refractivity contribution in [1.82, 2.24) is 19.6 Å². The lowest BCUT2D eigenvalue weighted by atomic mass is 9.90. The molecule has 0 bridgehead atoms. The zero-order valence-corrected chi connectivity index (χ0v) is 34.0. The van der Waals surface area contributed by atoms with Crippen molar-refractivity contribution in [3.8, 4) is 22.5 Å². The highest BCUT2D eigenvalue weighted by Gasteiger charge is 2.42. The first-order chi connectivity index (χ1) is 28.2. The number of hydrogen-bond acceptors (Lipinski definition) is 13. The minimum atomic E-state index is -1.39. The van der Waals surface area contributed by atoms with Crippen LogP contribution in [0.15, 0.2) is 71.3 Å². The Balaban J connectivity index is 1.02. The molecule has 0 amide bonds. The second-order valence-corrected chi connectivity index (χ2v) is 14.1. The van der Waals surface area contributed by atoms with E-state index in [1.54, 1.807) is 23.9 Å². The van der Waals surface area contributed by atoms with E-state index in [0.717, 1.165) is 70.6 Å². The summed E-state index contributed by atoms with van der Waals surface area (Å²) in [5.41, 5.74) is 5.35. The number of carbonyl (C=O) groups excluding carboxylic acids is 1. The fraction of sp³-hybridized carbons (Fsp3) is 0.488. The van der Waals surface area contributed by atoms with Crippen LogP contribution in [0.5, 0.6) is 0 Å². The molecule has 0 unspecified atom stereocenters. The fourth-order valence-electron chi connectivity index (χ4n) is 7.19. The first kappa shape index (κ1) is 42.9. The number of anilines is 1. The van der Waals surface area contributed by atoms with Crippen molar-refractivity contribution in [2.24, 2.45) is 0 Å². The Bertz CT molecular complexity index is 2140. The second kappa shape index (κ2) is 20.3. The van der Waals surface area contributed by atoms with E-state index in [2.05, 4.69) is 83.9 Å². The van der Waals surface area contributed by atoms with Gasteiger partial charge in [-0.2, -0.15) is 0 Å². The molecule has 0 spiro atoms. The average molecular weight is 803 g/mol. The molecule has 6 rings (SSSR count). The molecule has 1 fully saturated rings. The van der Waals surface area contributed by atoms with E-state index in [-0.39, 0.29) is 19.8 Å². The Hall–Kier alpha value is -4.74. The molecular formula is C43H56N5O10+. The number of ether oxygens (including phenoxy) is 5. The summed E-state index contributed by atoms with van der Waals surface area (Å²) in [5.74, 6) is 0.299. The summed E-state index contributed by atoms with van der Waals surface area (Å²) in [7, 11) is 0. The highest BCUT2D eigenvalue weighted by molar-refractivity contribution is 6.08. The predicted octanol–water partition coefficient (Wildman–Crippen LogP) is 3.69. The van der Waals surface area contributed by atoms with Gasteiger partial charge in [-0.1, -0.05) is 23.4 Å². The summed E-state index contributed by atoms with van der Waals surface area (Å²) in [4.78, 5) is 15.9. The first-order valence-electron chi connectivity index (χ1n) is 20.1. The molecule has 0 saturated carbocycles. The Kier molecular flexibility index (Phi) is 15.0. The number of fused-ring (bicyclic) bond motifs is 2. The predicted molar refractivity (Wildman–Crippen MR) is 217 cm³/mol. The number of aromatic nitrogens is 3. The second-order valence-electron chi connectivity index (χ2n) is 14.1. The summed E-state index contributed by atoms with van der Waals surface area (Å²) in [6.45, 7) is 15.3. The normalized spacial score (nSPS) is 19.5. The Morgan fingerprint density at radius 2 is 1.60 bits per heavy atom. The van der Waals surface area contributed by atoms with Crippen LogP contribution < -0.4 is 14.8 Å². The van der Waals surface area contributed by atoms with Crippen LogP contribution in [-0.2, 0) is 36.8 Å². The topological polar surface area (TPSA) is 174 Å². The molecule has 3 N–H and O–H groups in total. The van der Waals surface area contributed by atoms with Crippen LogP contribution in [0.2, 0.25) is 0 Å². The number of rotatable bonds is 19. The Morgan fingerprint density at radius 3 is 2.36 bits per heavy atom. The van der Waals surface area contributed by atoms with Gasteiger partial charge in [0.1, 0.15) is 55.0 Å². The number of carbonyl (C=O) groups is 1. The summed E-state index contributed by atoms with van der Waals surface area (Å²) in [6.07, 6.45) is -4.08. The molecule has 2 aliphatic heterocycles. The van der Waals surface area contributed by atoms with Crippen molar-refractivity contribution in [3.63, 3.8) is 0 Å². The Morgan fingerprint density at radius 1 is 0.862 bits per heavy atom. The van der Waals surface area contributed by atoms with Crippen LogP contribution in [0.4, 0.5) is 5.69 Å². The van der Waals surface area contributed by atoms with E-state index in [1.807, 2.05) is 18.2 Å². The van der Waals surface area contributed by atoms with Gasteiger partial charge in [-0.25, -0.2) is 14.1 Å². The van der Waals surface area contributed by atoms with Crippen molar-refractivity contribution >= 4 is 22.6 Å². The minimum absolute atomic E-state index is 0.00560. The maximum atomic E-state index is 13.6. The van der Waals surface area contributed by atoms with Crippen molar-refractivity contribution in [3.05, 3.63) is 83.5 Å². The summed E-state index contributed by atoms with van der Waals surface area (Å²) < 4.78 is 38.6. The zero-order valence-electron chi connectivity index (χ0n) is 34.0. The molecule has 15 nitrogen and oxygen atoms in total. The molecule has 5 atom stereocenters. The first-order valence-corrected chi connectivity index (χ1v) is 20.1. The quantitative estimate of drug-likeness (QED) is 0.0478. The van der Waals surface area contributed by atoms with Gasteiger partial charge in [0.15, 0.2) is 6.29 Å². The highest BCUT2D eigenvalue weighted by atomic mass is 16.7. The third-order valence-electron chi connectivity index (χ3n) is 10.5. The van der Waals surface area contributed by atoms with Gasteiger partial charge in [-0.3, -0.25) is 0 Å². The van der Waals surface area contributed by atoms with Gasteiger partial charge in [-0.15, -0.1) is 5.10 Å². The van der Waals surface area contributed by atoms with E-state index in [4.69, 9.17) is 28.1 Å². The van der Waals surface area contributed by atoms with Crippen molar-refractivity contribution in [2.45, 2.75) is 78.5 Å². The van der Waals surface area contributed by atoms with Crippen LogP contribution in [-0.4, -0.2) is 126 Å². The number of esters is 1. The molecule has 3 heterocycles. The molecule has 2 aromatic carbocycles. The lowest BCUT2D eigenvalue weighted by Crippen LogP contribution is -2.57. The van der Waals surface area contributed by atoms with Gasteiger partial charge >= 0.3 is 5.97 Å². The number of hydrogen-bond donors (Lipinski definition) is 3. The molecule has 312 valence electrons. The van der Waals surface area contributed by atoms with Crippen LogP contribution in [0.25, 0.3) is 33.4 Å². The van der Waals surface area contributed by atoms with Crippen LogP contribution >= 0.6 is 0 Å². The summed E-state index contributed by atoms with van der Waals surface area (Å²) >= 11 is 0. The van der Waals surface area contributed by atoms with Crippen molar-refractivity contribution in [1.29, 1.82) is 0 Å². The molecule has 3 aliphatic rings. The number of benzene rings is 3. The molecule has 3 aromatic rings. The van der Waals surface area contributed by atoms with E-state index in [9.17, 15) is 20.1 Å². The van der Waals surface area contributed by atoms with Crippen LogP contribution in [0, 0.1) is 0 Å². The van der Waals surface area contributed by atoms with Crippen LogP contribution in [0.3, 0.4) is 0 Å². The summed E-state index contributed by atoms with van der Waals surface area (Å²) in [5, 5.41) is 40.0. The van der Waals surface area contributed by atoms with Gasteiger partial charge < -0.3 is 48.3 Å². The van der Waals surface area contributed by atoms with Gasteiger partial charge in [0, 0.05) is 47.4 Å². The molecule has 1 saturated heterocycles. The van der Waals surface area contributed by atoms with Gasteiger partial charge in [-0.05, 0) is 64.4 Å². The lowest BCUT2D eigenvalue weighted by Gasteiger charge is -2.38. The van der Waals surface area contributed by atoms with E-state index in [0.29, 0.717) is 37.6 Å². The third-order valence-corrected chi connectivity index (χ3v) is 10.5. The molecule has 0 radical (unpaired) electrons. The third kappa shape index (κ3) is 9.92. The van der Waals surface area contributed by atoms with Crippen molar-refractivity contribution in [2.75, 3.05) is 64.1 Å². The highest BCUT2D eigenvalue weighted by Crippen LogP contribution is 2.42. The molecule has 1 aliphatic carbocycles. The maximum absolute atomic E-state index is 13.6. The van der Waals surface area contributed by atoms with Gasteiger partial charge in [0.05, 0.1) is 63.5 Å². The minimum Gasteiger partial charge on any atom is -0.460 e. The average Bonchev–Trinajstić information content (AvgIpc) is 3.70. The largest absolute Gasteiger partial charge is 0.460 e. The van der Waals surface area contributed by atoms with Gasteiger partial charge in [0.25, 0.3) is 0 Å². The van der Waals surface area contributed by atoms with Gasteiger partial charge in [0.2, 0.25) is 5.36 Å². The monoisotopic (exact) mass is 802 g/mol. The standard InChI is InChI=1S/C43H56N5O10/c1-6-46(7-2)30-14-16-34-36(24-30)58-37-25-31(47(8-3)9-4)15-17-35(37)38(34)32-12-10-11-13-33(32)42(52)55-23-22-54-21-20-53-19-18-48-26-29(44-45-48)27-56-43-41(51)40(50)39(49)28(5)57-43/h10-17,24-26,28,39-41,43,49-51H,6-9,18-23,27H2,1-5H3/q+1/t28-,39+,40+,41-,43+/m0/s1. The Labute approximate surface area is 338 Å². The van der Waals surface area contributed by atoms with Crippen LogP contribution in [0.1, 0.15) is 50.7 Å². The van der Waals surface area contributed by atoms with E-state index in [1.165, 1.54) is 0 Å². The molecule has 1 aromatic heterocycles. The summed E-state index contributed by atoms with van der Waals surface area (Å²) in [6, 6.07) is 20.1. The van der Waals surface area contributed by atoms with E-state index < -0.39 is 36.7 Å². The number of aliphatic hydroxyl groups excluding tert-OH is 3. The zero-order chi connectivity index (χ0) is 41.2. The molecule has 58 heavy (non-hydrogen) atoms. The van der Waals surface area contributed by atoms with Crippen molar-refractivity contribution < 1.29 is 48.2 Å². The molecular weight excluding hydrogens is 746 g/mol. The fourth-order valence-corrected chi connectivity index (χ4v) is 7.19. The SMILES string of the molecule is CCN(CC)c1ccc2c(-c3ccccc3C(=O)OCCOCCOCCn3cc(CO[C@@H]4O[C@@H](C)[C@@H](O)[C@@H](O)[C@@H]4O)nn3)c3ccc(=[N+](CC)CC)cc-3oc2c1. The smallest absolute Gasteiger partial charge is 0.338 e. The number of nitrogens with zero attached hydrogens (tertiary/aromatic N) is 5. The molecule has 15 heteroatoms. The van der Waals surface area contributed by atoms with E-state index >= 15 is 0 Å². The maximum Gasteiger partial charge on any atom is 0.338 e.